The van der Waals surface area contributed by atoms with Crippen molar-refractivity contribution < 1.29 is 14.3 Å². The van der Waals surface area contributed by atoms with Gasteiger partial charge >= 0.3 is 6.01 Å². The molecule has 104 valence electrons. The van der Waals surface area contributed by atoms with Crippen molar-refractivity contribution in [3.8, 4) is 6.01 Å². The molecule has 1 aliphatic rings. The van der Waals surface area contributed by atoms with Gasteiger partial charge in [-0.25, -0.2) is 0 Å². The first-order valence-corrected chi connectivity index (χ1v) is 6.16. The molecule has 1 saturated heterocycles. The fourth-order valence-corrected chi connectivity index (χ4v) is 2.11. The molecule has 0 saturated carbocycles. The van der Waals surface area contributed by atoms with E-state index in [2.05, 4.69) is 20.6 Å². The maximum atomic E-state index is 12.2. The van der Waals surface area contributed by atoms with Gasteiger partial charge in [-0.15, -0.1) is 0 Å². The summed E-state index contributed by atoms with van der Waals surface area (Å²) in [5, 5.41) is 5.89. The molecule has 0 aliphatic carbocycles. The number of amides is 1. The number of rotatable bonds is 3. The average Bonchev–Trinajstić information content (AvgIpc) is 2.46. The van der Waals surface area contributed by atoms with Crippen LogP contribution >= 0.6 is 11.6 Å². The van der Waals surface area contributed by atoms with E-state index in [1.807, 2.05) is 0 Å². The number of hydrogen-bond donors (Lipinski definition) is 2. The molecule has 1 amide bonds. The molecule has 1 aromatic heterocycles. The van der Waals surface area contributed by atoms with Gasteiger partial charge < -0.3 is 20.1 Å². The number of hydrogen-bond acceptors (Lipinski definition) is 6. The predicted octanol–water partition coefficient (Wildman–Crippen LogP) is -0.300. The van der Waals surface area contributed by atoms with E-state index in [0.717, 1.165) is 0 Å². The number of morpholine rings is 1. The van der Waals surface area contributed by atoms with E-state index in [4.69, 9.17) is 21.1 Å². The maximum absolute atomic E-state index is 12.2. The van der Waals surface area contributed by atoms with Gasteiger partial charge in [-0.05, 0) is 0 Å². The molecular formula is C11H15ClN4O3. The highest BCUT2D eigenvalue weighted by molar-refractivity contribution is 6.29. The standard InChI is InChI=1S/C11H15ClN4O3/c1-13-9(17)11(6-14-3-4-19-11)7-5-8(12)16-10(15-7)18-2/h5,14H,3-4,6H2,1-2H3,(H,13,17). The molecular weight excluding hydrogens is 272 g/mol. The number of ether oxygens (including phenoxy) is 2. The predicted molar refractivity (Wildman–Crippen MR) is 68.2 cm³/mol. The van der Waals surface area contributed by atoms with Gasteiger partial charge in [-0.2, -0.15) is 9.97 Å². The van der Waals surface area contributed by atoms with Gasteiger partial charge in [-0.3, -0.25) is 4.79 Å². The van der Waals surface area contributed by atoms with Gasteiger partial charge in [0.05, 0.1) is 19.4 Å². The topological polar surface area (TPSA) is 85.4 Å². The molecule has 0 spiro atoms. The molecule has 1 atom stereocenters. The van der Waals surface area contributed by atoms with Gasteiger partial charge in [0.2, 0.25) is 5.60 Å². The Morgan fingerprint density at radius 3 is 3.00 bits per heavy atom. The first-order chi connectivity index (χ1) is 9.12. The summed E-state index contributed by atoms with van der Waals surface area (Å²) in [6.45, 7) is 1.38. The fraction of sp³-hybridized carbons (Fsp3) is 0.545. The maximum Gasteiger partial charge on any atom is 0.317 e. The Kier molecular flexibility index (Phi) is 4.18. The minimum Gasteiger partial charge on any atom is -0.467 e. The Morgan fingerprint density at radius 1 is 1.63 bits per heavy atom. The Bertz CT molecular complexity index is 477. The zero-order valence-electron chi connectivity index (χ0n) is 10.7. The van der Waals surface area contributed by atoms with Crippen molar-refractivity contribution in [2.45, 2.75) is 5.60 Å². The Hall–Kier alpha value is -1.44. The summed E-state index contributed by atoms with van der Waals surface area (Å²) in [6, 6.07) is 1.60. The Morgan fingerprint density at radius 2 is 2.42 bits per heavy atom. The number of nitrogens with zero attached hydrogens (tertiary/aromatic N) is 2. The second-order valence-electron chi connectivity index (χ2n) is 3.99. The van der Waals surface area contributed by atoms with Crippen LogP contribution in [0.4, 0.5) is 0 Å². The second-order valence-corrected chi connectivity index (χ2v) is 4.38. The molecule has 2 N–H and O–H groups in total. The van der Waals surface area contributed by atoms with Crippen molar-refractivity contribution in [2.75, 3.05) is 33.9 Å². The molecule has 2 rings (SSSR count). The zero-order valence-corrected chi connectivity index (χ0v) is 11.5. The van der Waals surface area contributed by atoms with E-state index in [9.17, 15) is 4.79 Å². The molecule has 0 bridgehead atoms. The fourth-order valence-electron chi connectivity index (χ4n) is 1.94. The van der Waals surface area contributed by atoms with Crippen molar-refractivity contribution >= 4 is 17.5 Å². The largest absolute Gasteiger partial charge is 0.467 e. The quantitative estimate of drug-likeness (QED) is 0.742. The first kappa shape index (κ1) is 14.0. The van der Waals surface area contributed by atoms with Gasteiger partial charge in [-0.1, -0.05) is 11.6 Å². The van der Waals surface area contributed by atoms with Crippen LogP contribution in [0.25, 0.3) is 0 Å². The smallest absolute Gasteiger partial charge is 0.317 e. The van der Waals surface area contributed by atoms with Crippen LogP contribution in [0.5, 0.6) is 6.01 Å². The van der Waals surface area contributed by atoms with Gasteiger partial charge in [0.15, 0.2) is 0 Å². The molecule has 19 heavy (non-hydrogen) atoms. The van der Waals surface area contributed by atoms with Crippen LogP contribution in [0.1, 0.15) is 5.69 Å². The first-order valence-electron chi connectivity index (χ1n) is 5.78. The third-order valence-electron chi connectivity index (χ3n) is 2.87. The van der Waals surface area contributed by atoms with Crippen LogP contribution in [0.3, 0.4) is 0 Å². The molecule has 1 fully saturated rings. The number of carbonyl (C=O) groups is 1. The molecule has 1 aromatic rings. The lowest BCUT2D eigenvalue weighted by Crippen LogP contribution is -2.56. The number of aromatic nitrogens is 2. The lowest BCUT2D eigenvalue weighted by Gasteiger charge is -2.35. The van der Waals surface area contributed by atoms with E-state index >= 15 is 0 Å². The lowest BCUT2D eigenvalue weighted by atomic mass is 9.96. The van der Waals surface area contributed by atoms with Crippen molar-refractivity contribution in [2.24, 2.45) is 0 Å². The van der Waals surface area contributed by atoms with Crippen LogP contribution in [-0.4, -0.2) is 49.7 Å². The summed E-state index contributed by atoms with van der Waals surface area (Å²) in [5.74, 6) is -0.295. The Labute approximate surface area is 115 Å². The van der Waals surface area contributed by atoms with Crippen molar-refractivity contribution in [1.29, 1.82) is 0 Å². The Balaban J connectivity index is 2.48. The van der Waals surface area contributed by atoms with E-state index in [1.165, 1.54) is 13.2 Å². The summed E-state index contributed by atoms with van der Waals surface area (Å²) in [4.78, 5) is 20.2. The molecule has 0 aromatic carbocycles. The van der Waals surface area contributed by atoms with E-state index < -0.39 is 5.60 Å². The normalized spacial score (nSPS) is 22.9. The number of halogens is 1. The molecule has 0 radical (unpaired) electrons. The van der Waals surface area contributed by atoms with Gasteiger partial charge in [0.25, 0.3) is 5.91 Å². The van der Waals surface area contributed by atoms with Crippen molar-refractivity contribution in [3.05, 3.63) is 16.9 Å². The molecule has 1 aliphatic heterocycles. The van der Waals surface area contributed by atoms with Crippen LogP contribution in [0, 0.1) is 0 Å². The summed E-state index contributed by atoms with van der Waals surface area (Å²) in [7, 11) is 2.98. The zero-order chi connectivity index (χ0) is 13.9. The number of nitrogens with one attached hydrogen (secondary N) is 2. The monoisotopic (exact) mass is 286 g/mol. The summed E-state index contributed by atoms with van der Waals surface area (Å²) in [5.41, 5.74) is -0.844. The number of carbonyl (C=O) groups excluding carboxylic acids is 1. The summed E-state index contributed by atoms with van der Waals surface area (Å²) >= 11 is 5.92. The highest BCUT2D eigenvalue weighted by atomic mass is 35.5. The highest BCUT2D eigenvalue weighted by Gasteiger charge is 2.44. The van der Waals surface area contributed by atoms with Gasteiger partial charge in [0.1, 0.15) is 5.15 Å². The van der Waals surface area contributed by atoms with E-state index in [0.29, 0.717) is 25.4 Å². The SMILES string of the molecule is CNC(=O)C1(c2cc(Cl)nc(OC)n2)CNCCO1. The van der Waals surface area contributed by atoms with Crippen LogP contribution in [0.15, 0.2) is 6.07 Å². The van der Waals surface area contributed by atoms with Crippen molar-refractivity contribution in [3.63, 3.8) is 0 Å². The number of likely N-dealkylation sites (N-methyl/N-ethyl adjacent to an activating group) is 1. The lowest BCUT2D eigenvalue weighted by molar-refractivity contribution is -0.152. The van der Waals surface area contributed by atoms with E-state index in [1.54, 1.807) is 7.05 Å². The minimum absolute atomic E-state index is 0.0972. The summed E-state index contributed by atoms with van der Waals surface area (Å²) in [6.07, 6.45) is 0. The van der Waals surface area contributed by atoms with Crippen LogP contribution < -0.4 is 15.4 Å². The van der Waals surface area contributed by atoms with Crippen molar-refractivity contribution in [1.82, 2.24) is 20.6 Å². The minimum atomic E-state index is -1.22. The molecule has 1 unspecified atom stereocenters. The van der Waals surface area contributed by atoms with Crippen LogP contribution in [0.2, 0.25) is 5.15 Å². The second kappa shape index (κ2) is 5.68. The number of methoxy groups -OCH3 is 1. The average molecular weight is 287 g/mol. The molecule has 8 heteroatoms. The van der Waals surface area contributed by atoms with Gasteiger partial charge in [0, 0.05) is 26.2 Å². The molecule has 2 heterocycles. The van der Waals surface area contributed by atoms with E-state index in [-0.39, 0.29) is 17.1 Å². The third kappa shape index (κ3) is 2.63. The summed E-state index contributed by atoms with van der Waals surface area (Å²) < 4.78 is 10.7. The molecule has 7 nitrogen and oxygen atoms in total. The van der Waals surface area contributed by atoms with Crippen LogP contribution in [-0.2, 0) is 15.1 Å². The third-order valence-corrected chi connectivity index (χ3v) is 3.06. The highest BCUT2D eigenvalue weighted by Crippen LogP contribution is 2.28.